The van der Waals surface area contributed by atoms with Gasteiger partial charge in [-0.3, -0.25) is 9.79 Å². The first-order valence-corrected chi connectivity index (χ1v) is 8.85. The Kier molecular flexibility index (Phi) is 9.67. The first kappa shape index (κ1) is 18.8. The number of nitrogens with zero attached hydrogens (tertiary/aromatic N) is 1. The highest BCUT2D eigenvalue weighted by atomic mass is 16.1. The molecule has 0 heterocycles. The zero-order valence-electron chi connectivity index (χ0n) is 14.6. The van der Waals surface area contributed by atoms with Crippen molar-refractivity contribution < 1.29 is 4.79 Å². The minimum Gasteiger partial charge on any atom is -0.356 e. The van der Waals surface area contributed by atoms with E-state index in [0.717, 1.165) is 37.7 Å². The second-order valence-corrected chi connectivity index (χ2v) is 6.59. The summed E-state index contributed by atoms with van der Waals surface area (Å²) in [5.74, 6) is 2.02. The van der Waals surface area contributed by atoms with Gasteiger partial charge >= 0.3 is 0 Å². The van der Waals surface area contributed by atoms with Crippen molar-refractivity contribution in [2.45, 2.75) is 58.8 Å². The topological polar surface area (TPSA) is 65.5 Å². The van der Waals surface area contributed by atoms with Crippen molar-refractivity contribution in [2.75, 3.05) is 26.7 Å². The molecular weight excluding hydrogens is 276 g/mol. The Balaban J connectivity index is 2.07. The molecule has 1 saturated carbocycles. The van der Waals surface area contributed by atoms with Crippen molar-refractivity contribution in [3.63, 3.8) is 0 Å². The van der Waals surface area contributed by atoms with Gasteiger partial charge in [0, 0.05) is 32.6 Å². The lowest BCUT2D eigenvalue weighted by atomic mass is 9.89. The summed E-state index contributed by atoms with van der Waals surface area (Å²) in [6, 6.07) is 0. The van der Waals surface area contributed by atoms with Crippen LogP contribution in [-0.4, -0.2) is 38.5 Å². The van der Waals surface area contributed by atoms with Gasteiger partial charge in [-0.15, -0.1) is 0 Å². The maximum Gasteiger partial charge on any atom is 0.223 e. The second kappa shape index (κ2) is 11.3. The van der Waals surface area contributed by atoms with Crippen LogP contribution >= 0.6 is 0 Å². The Labute approximate surface area is 135 Å². The van der Waals surface area contributed by atoms with E-state index in [-0.39, 0.29) is 11.8 Å². The van der Waals surface area contributed by atoms with E-state index in [4.69, 9.17) is 0 Å². The first-order valence-electron chi connectivity index (χ1n) is 8.85. The van der Waals surface area contributed by atoms with Crippen LogP contribution in [0.5, 0.6) is 0 Å². The molecule has 1 aliphatic carbocycles. The van der Waals surface area contributed by atoms with Gasteiger partial charge in [-0.05, 0) is 31.6 Å². The number of carbonyl (C=O) groups is 1. The molecular formula is C17H34N4O. The second-order valence-electron chi connectivity index (χ2n) is 6.59. The van der Waals surface area contributed by atoms with Crippen molar-refractivity contribution in [2.24, 2.45) is 16.8 Å². The molecule has 5 nitrogen and oxygen atoms in total. The Bertz CT molecular complexity index is 336. The Hall–Kier alpha value is -1.26. The summed E-state index contributed by atoms with van der Waals surface area (Å²) < 4.78 is 0. The normalized spacial score (nSPS) is 16.6. The lowest BCUT2D eigenvalue weighted by Gasteiger charge is -2.21. The fraction of sp³-hybridized carbons (Fsp3) is 0.882. The zero-order valence-corrected chi connectivity index (χ0v) is 14.6. The molecule has 0 aromatic rings. The van der Waals surface area contributed by atoms with Crippen LogP contribution in [0.15, 0.2) is 4.99 Å². The van der Waals surface area contributed by atoms with Crippen molar-refractivity contribution in [1.82, 2.24) is 16.0 Å². The standard InChI is InChI=1S/C17H34N4O/c1-14(2)8-7-11-20-17(18-3)21-13-12-19-16(22)15-9-5-4-6-10-15/h14-15H,4-13H2,1-3H3,(H,19,22)(H2,18,20,21). The quantitative estimate of drug-likeness (QED) is 0.366. The molecule has 0 aromatic heterocycles. The minimum atomic E-state index is 0.223. The van der Waals surface area contributed by atoms with Crippen molar-refractivity contribution in [3.05, 3.63) is 0 Å². The maximum atomic E-state index is 12.0. The molecule has 3 N–H and O–H groups in total. The van der Waals surface area contributed by atoms with Crippen molar-refractivity contribution in [3.8, 4) is 0 Å². The van der Waals surface area contributed by atoms with Crippen molar-refractivity contribution in [1.29, 1.82) is 0 Å². The molecule has 22 heavy (non-hydrogen) atoms. The summed E-state index contributed by atoms with van der Waals surface area (Å²) >= 11 is 0. The number of nitrogens with one attached hydrogen (secondary N) is 3. The van der Waals surface area contributed by atoms with Crippen molar-refractivity contribution >= 4 is 11.9 Å². The summed E-state index contributed by atoms with van der Waals surface area (Å²) in [6.45, 7) is 6.78. The van der Waals surface area contributed by atoms with Gasteiger partial charge in [0.15, 0.2) is 5.96 Å². The van der Waals surface area contributed by atoms with Gasteiger partial charge in [0.2, 0.25) is 5.91 Å². The van der Waals surface area contributed by atoms with Gasteiger partial charge in [0.1, 0.15) is 0 Å². The molecule has 0 aliphatic heterocycles. The third-order valence-electron chi connectivity index (χ3n) is 4.17. The molecule has 0 radical (unpaired) electrons. The first-order chi connectivity index (χ1) is 10.6. The molecule has 1 amide bonds. The van der Waals surface area contributed by atoms with Gasteiger partial charge in [-0.25, -0.2) is 0 Å². The number of carbonyl (C=O) groups excluding carboxylic acids is 1. The lowest BCUT2D eigenvalue weighted by Crippen LogP contribution is -2.42. The molecule has 0 atom stereocenters. The van der Waals surface area contributed by atoms with E-state index in [1.165, 1.54) is 25.7 Å². The van der Waals surface area contributed by atoms with E-state index in [9.17, 15) is 4.79 Å². The van der Waals surface area contributed by atoms with Gasteiger partial charge in [-0.1, -0.05) is 33.1 Å². The fourth-order valence-corrected chi connectivity index (χ4v) is 2.81. The molecule has 1 aliphatic rings. The molecule has 0 unspecified atom stereocenters. The number of aliphatic imine (C=N–C) groups is 1. The van der Waals surface area contributed by atoms with E-state index in [2.05, 4.69) is 34.8 Å². The lowest BCUT2D eigenvalue weighted by molar-refractivity contribution is -0.125. The van der Waals surface area contributed by atoms with E-state index >= 15 is 0 Å². The largest absolute Gasteiger partial charge is 0.356 e. The number of amides is 1. The minimum absolute atomic E-state index is 0.223. The highest BCUT2D eigenvalue weighted by Gasteiger charge is 2.20. The highest BCUT2D eigenvalue weighted by molar-refractivity contribution is 5.80. The Morgan fingerprint density at radius 1 is 1.05 bits per heavy atom. The summed E-state index contributed by atoms with van der Waals surface area (Å²) in [5.41, 5.74) is 0. The smallest absolute Gasteiger partial charge is 0.223 e. The molecule has 0 spiro atoms. The number of hydrogen-bond acceptors (Lipinski definition) is 2. The number of rotatable bonds is 8. The third-order valence-corrected chi connectivity index (χ3v) is 4.17. The van der Waals surface area contributed by atoms with Gasteiger partial charge in [0.25, 0.3) is 0 Å². The van der Waals surface area contributed by atoms with Gasteiger partial charge in [-0.2, -0.15) is 0 Å². The molecule has 5 heteroatoms. The zero-order chi connectivity index (χ0) is 16.2. The van der Waals surface area contributed by atoms with Crippen LogP contribution in [-0.2, 0) is 4.79 Å². The molecule has 1 fully saturated rings. The summed E-state index contributed by atoms with van der Waals surface area (Å²) in [7, 11) is 1.78. The Morgan fingerprint density at radius 2 is 1.68 bits per heavy atom. The molecule has 128 valence electrons. The summed E-state index contributed by atoms with van der Waals surface area (Å²) in [6.07, 6.45) is 8.16. The van der Waals surface area contributed by atoms with Crippen LogP contribution < -0.4 is 16.0 Å². The molecule has 0 bridgehead atoms. The van der Waals surface area contributed by atoms with E-state index in [1.54, 1.807) is 7.05 Å². The van der Waals surface area contributed by atoms with Crippen LogP contribution in [0.1, 0.15) is 58.8 Å². The predicted molar refractivity (Wildman–Crippen MR) is 93.0 cm³/mol. The molecule has 0 aromatic carbocycles. The molecule has 0 saturated heterocycles. The summed E-state index contributed by atoms with van der Waals surface area (Å²) in [5, 5.41) is 9.57. The Morgan fingerprint density at radius 3 is 2.32 bits per heavy atom. The number of hydrogen-bond donors (Lipinski definition) is 3. The van der Waals surface area contributed by atoms with Crippen LogP contribution in [0.3, 0.4) is 0 Å². The van der Waals surface area contributed by atoms with E-state index in [0.29, 0.717) is 13.1 Å². The third kappa shape index (κ3) is 8.25. The van der Waals surface area contributed by atoms with Crippen LogP contribution in [0, 0.1) is 11.8 Å². The fourth-order valence-electron chi connectivity index (χ4n) is 2.81. The van der Waals surface area contributed by atoms with Crippen LogP contribution in [0.2, 0.25) is 0 Å². The van der Waals surface area contributed by atoms with Crippen LogP contribution in [0.25, 0.3) is 0 Å². The maximum absolute atomic E-state index is 12.0. The predicted octanol–water partition coefficient (Wildman–Crippen LogP) is 2.28. The highest BCUT2D eigenvalue weighted by Crippen LogP contribution is 2.23. The van der Waals surface area contributed by atoms with Crippen LogP contribution in [0.4, 0.5) is 0 Å². The van der Waals surface area contributed by atoms with Gasteiger partial charge < -0.3 is 16.0 Å². The number of guanidine groups is 1. The monoisotopic (exact) mass is 310 g/mol. The summed E-state index contributed by atoms with van der Waals surface area (Å²) in [4.78, 5) is 16.2. The SMILES string of the molecule is CN=C(NCCCC(C)C)NCCNC(=O)C1CCCCC1. The average molecular weight is 310 g/mol. The molecule has 1 rings (SSSR count). The average Bonchev–Trinajstić information content (AvgIpc) is 2.53. The van der Waals surface area contributed by atoms with Gasteiger partial charge in [0.05, 0.1) is 0 Å². The van der Waals surface area contributed by atoms with E-state index < -0.39 is 0 Å². The van der Waals surface area contributed by atoms with E-state index in [1.807, 2.05) is 0 Å².